The lowest BCUT2D eigenvalue weighted by molar-refractivity contribution is -0.122. The van der Waals surface area contributed by atoms with Crippen molar-refractivity contribution in [3.63, 3.8) is 0 Å². The molecular formula is C22H28N2O5S. The molecule has 1 aliphatic heterocycles. The summed E-state index contributed by atoms with van der Waals surface area (Å²) in [6.07, 6.45) is 1.03. The fraction of sp³-hybridized carbons (Fsp3) is 0.409. The molecule has 7 nitrogen and oxygen atoms in total. The molecule has 30 heavy (non-hydrogen) atoms. The molecule has 2 unspecified atom stereocenters. The summed E-state index contributed by atoms with van der Waals surface area (Å²) >= 11 is 0. The van der Waals surface area contributed by atoms with E-state index in [0.717, 1.165) is 24.0 Å². The highest BCUT2D eigenvalue weighted by molar-refractivity contribution is 7.89. The molecule has 0 aromatic heterocycles. The normalized spacial score (nSPS) is 17.5. The van der Waals surface area contributed by atoms with Gasteiger partial charge in [-0.2, -0.15) is 0 Å². The monoisotopic (exact) mass is 432 g/mol. The van der Waals surface area contributed by atoms with Crippen molar-refractivity contribution in [2.45, 2.75) is 50.7 Å². The number of amides is 1. The molecule has 1 amide bonds. The molecule has 0 aliphatic carbocycles. The molecule has 2 aromatic carbocycles. The molecule has 0 spiro atoms. The van der Waals surface area contributed by atoms with E-state index in [9.17, 15) is 13.2 Å². The second kappa shape index (κ2) is 9.59. The Labute approximate surface area is 177 Å². The lowest BCUT2D eigenvalue weighted by Crippen LogP contribution is -2.32. The van der Waals surface area contributed by atoms with E-state index in [-0.39, 0.29) is 23.5 Å². The van der Waals surface area contributed by atoms with Crippen molar-refractivity contribution in [2.75, 3.05) is 18.5 Å². The molecule has 1 heterocycles. The number of nitrogens with one attached hydrogen (secondary N) is 2. The van der Waals surface area contributed by atoms with Crippen LogP contribution in [0.5, 0.6) is 5.75 Å². The van der Waals surface area contributed by atoms with Gasteiger partial charge in [0.05, 0.1) is 11.0 Å². The van der Waals surface area contributed by atoms with Crippen LogP contribution >= 0.6 is 0 Å². The first-order valence-corrected chi connectivity index (χ1v) is 11.5. The maximum atomic E-state index is 12.5. The molecule has 162 valence electrons. The van der Waals surface area contributed by atoms with Crippen LogP contribution in [-0.4, -0.2) is 39.7 Å². The Morgan fingerprint density at radius 2 is 1.93 bits per heavy atom. The van der Waals surface area contributed by atoms with Crippen LogP contribution in [0.1, 0.15) is 30.9 Å². The van der Waals surface area contributed by atoms with E-state index in [1.54, 1.807) is 19.1 Å². The van der Waals surface area contributed by atoms with Gasteiger partial charge in [-0.15, -0.1) is 0 Å². The lowest BCUT2D eigenvalue weighted by Gasteiger charge is -2.17. The summed E-state index contributed by atoms with van der Waals surface area (Å²) in [6.45, 7) is 6.49. The summed E-state index contributed by atoms with van der Waals surface area (Å²) in [5, 5.41) is 2.75. The van der Waals surface area contributed by atoms with E-state index in [4.69, 9.17) is 9.47 Å². The minimum absolute atomic E-state index is 0.0723. The third-order valence-electron chi connectivity index (χ3n) is 4.97. The summed E-state index contributed by atoms with van der Waals surface area (Å²) in [5.74, 6) is 0.347. The predicted octanol–water partition coefficient (Wildman–Crippen LogP) is 3.17. The molecule has 1 aliphatic rings. The third-order valence-corrected chi connectivity index (χ3v) is 6.41. The average Bonchev–Trinajstić information content (AvgIpc) is 3.23. The molecule has 3 rings (SSSR count). The Hall–Kier alpha value is -2.42. The highest BCUT2D eigenvalue weighted by Gasteiger charge is 2.21. The smallest absolute Gasteiger partial charge is 0.265 e. The molecule has 2 N–H and O–H groups in total. The zero-order valence-corrected chi connectivity index (χ0v) is 18.3. The van der Waals surface area contributed by atoms with Crippen LogP contribution in [0.3, 0.4) is 0 Å². The molecule has 2 aromatic rings. The van der Waals surface area contributed by atoms with Crippen LogP contribution in [0, 0.1) is 13.8 Å². The van der Waals surface area contributed by atoms with Crippen LogP contribution in [0.15, 0.2) is 47.4 Å². The van der Waals surface area contributed by atoms with Crippen molar-refractivity contribution in [1.29, 1.82) is 0 Å². The van der Waals surface area contributed by atoms with Gasteiger partial charge in [-0.1, -0.05) is 12.1 Å². The maximum absolute atomic E-state index is 12.5. The zero-order chi connectivity index (χ0) is 21.7. The molecule has 1 fully saturated rings. The summed E-state index contributed by atoms with van der Waals surface area (Å²) < 4.78 is 38.6. The van der Waals surface area contributed by atoms with Crippen LogP contribution in [-0.2, 0) is 19.6 Å². The first-order chi connectivity index (χ1) is 14.2. The number of sulfonamides is 1. The predicted molar refractivity (Wildman–Crippen MR) is 115 cm³/mol. The standard InChI is InChI=1S/C22H28N2O5S/c1-15-6-7-16(2)21(13-15)29-17(3)22(25)24-18-8-10-20(11-9-18)30(26,27)23-14-19-5-4-12-28-19/h6-11,13,17,19,23H,4-5,12,14H2,1-3H3,(H,24,25). The Bertz CT molecular complexity index is 983. The summed E-state index contributed by atoms with van der Waals surface area (Å²) in [6, 6.07) is 11.9. The van der Waals surface area contributed by atoms with E-state index >= 15 is 0 Å². The second-order valence-corrected chi connectivity index (χ2v) is 9.30. The van der Waals surface area contributed by atoms with Gasteiger partial charge in [0.1, 0.15) is 5.75 Å². The first-order valence-electron chi connectivity index (χ1n) is 10.0. The van der Waals surface area contributed by atoms with Gasteiger partial charge in [0.15, 0.2) is 6.10 Å². The average molecular weight is 433 g/mol. The van der Waals surface area contributed by atoms with Gasteiger partial charge in [-0.05, 0) is 75.1 Å². The fourth-order valence-corrected chi connectivity index (χ4v) is 4.20. The van der Waals surface area contributed by atoms with Gasteiger partial charge in [0, 0.05) is 18.8 Å². The van der Waals surface area contributed by atoms with Gasteiger partial charge in [0.2, 0.25) is 10.0 Å². The Balaban J connectivity index is 1.57. The van der Waals surface area contributed by atoms with Gasteiger partial charge in [-0.3, -0.25) is 4.79 Å². The summed E-state index contributed by atoms with van der Waals surface area (Å²) in [4.78, 5) is 12.6. The minimum atomic E-state index is -3.63. The molecule has 1 saturated heterocycles. The minimum Gasteiger partial charge on any atom is -0.481 e. The molecular weight excluding hydrogens is 404 g/mol. The number of ether oxygens (including phenoxy) is 2. The molecule has 0 bridgehead atoms. The lowest BCUT2D eigenvalue weighted by atomic mass is 10.1. The Morgan fingerprint density at radius 3 is 2.60 bits per heavy atom. The van der Waals surface area contributed by atoms with Crippen LogP contribution in [0.2, 0.25) is 0 Å². The quantitative estimate of drug-likeness (QED) is 0.668. The zero-order valence-electron chi connectivity index (χ0n) is 17.5. The molecule has 8 heteroatoms. The van der Waals surface area contributed by atoms with Gasteiger partial charge >= 0.3 is 0 Å². The van der Waals surface area contributed by atoms with E-state index in [0.29, 0.717) is 18.0 Å². The van der Waals surface area contributed by atoms with E-state index < -0.39 is 16.1 Å². The van der Waals surface area contributed by atoms with E-state index in [1.165, 1.54) is 12.1 Å². The number of rotatable bonds is 8. The highest BCUT2D eigenvalue weighted by atomic mass is 32.2. The number of aryl methyl sites for hydroxylation is 2. The number of carbonyl (C=O) groups is 1. The summed E-state index contributed by atoms with van der Waals surface area (Å²) in [7, 11) is -3.63. The van der Waals surface area contributed by atoms with Crippen molar-refractivity contribution in [2.24, 2.45) is 0 Å². The maximum Gasteiger partial charge on any atom is 0.265 e. The number of carbonyl (C=O) groups excluding carboxylic acids is 1. The van der Waals surface area contributed by atoms with Crippen LogP contribution < -0.4 is 14.8 Å². The number of hydrogen-bond acceptors (Lipinski definition) is 5. The molecule has 0 radical (unpaired) electrons. The summed E-state index contributed by atoms with van der Waals surface area (Å²) in [5.41, 5.74) is 2.49. The SMILES string of the molecule is Cc1ccc(C)c(OC(C)C(=O)Nc2ccc(S(=O)(=O)NCC3CCCO3)cc2)c1. The largest absolute Gasteiger partial charge is 0.481 e. The van der Waals surface area contributed by atoms with Gasteiger partial charge in [-0.25, -0.2) is 13.1 Å². The van der Waals surface area contributed by atoms with Crippen LogP contribution in [0.4, 0.5) is 5.69 Å². The Morgan fingerprint density at radius 1 is 1.20 bits per heavy atom. The number of anilines is 1. The number of benzene rings is 2. The fourth-order valence-electron chi connectivity index (χ4n) is 3.13. The van der Waals surface area contributed by atoms with Gasteiger partial charge < -0.3 is 14.8 Å². The second-order valence-electron chi connectivity index (χ2n) is 7.53. The molecule has 2 atom stereocenters. The highest BCUT2D eigenvalue weighted by Crippen LogP contribution is 2.21. The van der Waals surface area contributed by atoms with E-state index in [2.05, 4.69) is 10.0 Å². The third kappa shape index (κ3) is 5.81. The van der Waals surface area contributed by atoms with Crippen molar-refractivity contribution in [3.8, 4) is 5.75 Å². The first kappa shape index (κ1) is 22.3. The van der Waals surface area contributed by atoms with Crippen LogP contribution in [0.25, 0.3) is 0 Å². The van der Waals surface area contributed by atoms with E-state index in [1.807, 2.05) is 32.0 Å². The number of hydrogen-bond donors (Lipinski definition) is 2. The topological polar surface area (TPSA) is 93.7 Å². The molecule has 0 saturated carbocycles. The van der Waals surface area contributed by atoms with Crippen molar-refractivity contribution in [1.82, 2.24) is 4.72 Å². The van der Waals surface area contributed by atoms with Crippen molar-refractivity contribution in [3.05, 3.63) is 53.6 Å². The van der Waals surface area contributed by atoms with Gasteiger partial charge in [0.25, 0.3) is 5.91 Å². The van der Waals surface area contributed by atoms with Crippen molar-refractivity contribution >= 4 is 21.6 Å². The van der Waals surface area contributed by atoms with Crippen molar-refractivity contribution < 1.29 is 22.7 Å². The Kier molecular flexibility index (Phi) is 7.12.